The van der Waals surface area contributed by atoms with Crippen molar-refractivity contribution < 1.29 is 4.74 Å². The van der Waals surface area contributed by atoms with Crippen molar-refractivity contribution in [3.63, 3.8) is 0 Å². The number of benzene rings is 2. The number of nitrogens with two attached hydrogens (primary N) is 1. The van der Waals surface area contributed by atoms with Crippen molar-refractivity contribution in [2.45, 2.75) is 13.5 Å². The summed E-state index contributed by atoms with van der Waals surface area (Å²) < 4.78 is 5.81. The maximum absolute atomic E-state index is 5.98. The Balaban J connectivity index is 0.00000243. The van der Waals surface area contributed by atoms with E-state index in [2.05, 4.69) is 15.3 Å². The Kier molecular flexibility index (Phi) is 7.40. The Morgan fingerprint density at radius 3 is 2.58 bits per heavy atom. The standard InChI is InChI=1S/C20H20N4O.HI/c1-15-7-6-12-22-19(15)14-23-20(21)24-16-8-5-11-18(13-16)25-17-9-3-2-4-10-17;/h2-13H,14H2,1H3,(H3,21,23,24);1H. The topological polar surface area (TPSA) is 72.5 Å². The van der Waals surface area contributed by atoms with Gasteiger partial charge in [0, 0.05) is 18.0 Å². The zero-order valence-corrected chi connectivity index (χ0v) is 16.8. The zero-order valence-electron chi connectivity index (χ0n) is 14.4. The number of hydrogen-bond acceptors (Lipinski definition) is 3. The van der Waals surface area contributed by atoms with Gasteiger partial charge in [-0.2, -0.15) is 0 Å². The number of guanidine groups is 1. The van der Waals surface area contributed by atoms with Crippen LogP contribution in [0.1, 0.15) is 11.3 Å². The Morgan fingerprint density at radius 1 is 1.04 bits per heavy atom. The van der Waals surface area contributed by atoms with Gasteiger partial charge in [0.05, 0.1) is 12.2 Å². The van der Waals surface area contributed by atoms with Crippen LogP contribution in [0, 0.1) is 6.92 Å². The Morgan fingerprint density at radius 2 is 1.81 bits per heavy atom. The molecule has 0 radical (unpaired) electrons. The van der Waals surface area contributed by atoms with Crippen LogP contribution in [0.4, 0.5) is 5.69 Å². The van der Waals surface area contributed by atoms with Crippen LogP contribution in [0.2, 0.25) is 0 Å². The minimum atomic E-state index is 0. The van der Waals surface area contributed by atoms with Gasteiger partial charge in [0.15, 0.2) is 5.96 Å². The molecular formula is C20H21IN4O. The molecule has 0 saturated carbocycles. The third kappa shape index (κ3) is 5.73. The van der Waals surface area contributed by atoms with E-state index in [9.17, 15) is 0 Å². The number of ether oxygens (including phenoxy) is 1. The fourth-order valence-electron chi connectivity index (χ4n) is 2.29. The molecule has 3 rings (SSSR count). The fourth-order valence-corrected chi connectivity index (χ4v) is 2.29. The number of nitrogens with one attached hydrogen (secondary N) is 1. The fraction of sp³-hybridized carbons (Fsp3) is 0.100. The van der Waals surface area contributed by atoms with Gasteiger partial charge in [-0.25, -0.2) is 4.99 Å². The van der Waals surface area contributed by atoms with E-state index in [-0.39, 0.29) is 24.0 Å². The first-order valence-electron chi connectivity index (χ1n) is 8.01. The summed E-state index contributed by atoms with van der Waals surface area (Å²) in [5.74, 6) is 1.85. The van der Waals surface area contributed by atoms with Crippen molar-refractivity contribution in [1.29, 1.82) is 0 Å². The lowest BCUT2D eigenvalue weighted by Crippen LogP contribution is -2.22. The third-order valence-corrected chi connectivity index (χ3v) is 3.60. The molecule has 0 aliphatic rings. The minimum Gasteiger partial charge on any atom is -0.457 e. The number of rotatable bonds is 5. The molecule has 0 unspecified atom stereocenters. The highest BCUT2D eigenvalue weighted by Crippen LogP contribution is 2.23. The molecule has 0 amide bonds. The first-order valence-corrected chi connectivity index (χ1v) is 8.01. The number of anilines is 1. The first-order chi connectivity index (χ1) is 12.2. The van der Waals surface area contributed by atoms with E-state index < -0.39 is 0 Å². The molecule has 0 bridgehead atoms. The maximum Gasteiger partial charge on any atom is 0.193 e. The van der Waals surface area contributed by atoms with Gasteiger partial charge >= 0.3 is 0 Å². The summed E-state index contributed by atoms with van der Waals surface area (Å²) in [7, 11) is 0. The summed E-state index contributed by atoms with van der Waals surface area (Å²) >= 11 is 0. The molecule has 0 saturated heterocycles. The molecule has 6 heteroatoms. The summed E-state index contributed by atoms with van der Waals surface area (Å²) in [6, 6.07) is 21.1. The van der Waals surface area contributed by atoms with Gasteiger partial charge in [-0.3, -0.25) is 4.98 Å². The maximum atomic E-state index is 5.98. The minimum absolute atomic E-state index is 0. The van der Waals surface area contributed by atoms with Gasteiger partial charge in [-0.1, -0.05) is 30.3 Å². The smallest absolute Gasteiger partial charge is 0.193 e. The van der Waals surface area contributed by atoms with E-state index in [1.807, 2.05) is 73.7 Å². The normalized spacial score (nSPS) is 10.7. The molecule has 5 nitrogen and oxygen atoms in total. The number of hydrogen-bond donors (Lipinski definition) is 2. The number of aliphatic imine (C=N–C) groups is 1. The van der Waals surface area contributed by atoms with Crippen molar-refractivity contribution in [2.75, 3.05) is 5.32 Å². The van der Waals surface area contributed by atoms with Crippen LogP contribution < -0.4 is 15.8 Å². The molecule has 3 aromatic rings. The lowest BCUT2D eigenvalue weighted by atomic mass is 10.2. The van der Waals surface area contributed by atoms with Crippen LogP contribution >= 0.6 is 24.0 Å². The number of nitrogens with zero attached hydrogens (tertiary/aromatic N) is 2. The molecule has 1 aromatic heterocycles. The highest BCUT2D eigenvalue weighted by Gasteiger charge is 2.01. The highest BCUT2D eigenvalue weighted by molar-refractivity contribution is 14.0. The monoisotopic (exact) mass is 460 g/mol. The highest BCUT2D eigenvalue weighted by atomic mass is 127. The first kappa shape index (κ1) is 19.7. The predicted octanol–water partition coefficient (Wildman–Crippen LogP) is 4.73. The van der Waals surface area contributed by atoms with Gasteiger partial charge in [-0.15, -0.1) is 24.0 Å². The summed E-state index contributed by atoms with van der Waals surface area (Å²) in [5.41, 5.74) is 8.79. The summed E-state index contributed by atoms with van der Waals surface area (Å²) in [6.45, 7) is 2.44. The van der Waals surface area contributed by atoms with Gasteiger partial charge < -0.3 is 15.8 Å². The van der Waals surface area contributed by atoms with Gasteiger partial charge in [-0.05, 0) is 42.8 Å². The van der Waals surface area contributed by atoms with E-state index in [0.29, 0.717) is 12.5 Å². The quantitative estimate of drug-likeness (QED) is 0.328. The van der Waals surface area contributed by atoms with E-state index in [4.69, 9.17) is 10.5 Å². The SMILES string of the molecule is Cc1cccnc1CN=C(N)Nc1cccc(Oc2ccccc2)c1.I. The van der Waals surface area contributed by atoms with Crippen molar-refractivity contribution >= 4 is 35.6 Å². The van der Waals surface area contributed by atoms with Crippen molar-refractivity contribution in [1.82, 2.24) is 4.98 Å². The second-order valence-electron chi connectivity index (χ2n) is 5.54. The van der Waals surface area contributed by atoms with Crippen LogP contribution in [0.3, 0.4) is 0 Å². The van der Waals surface area contributed by atoms with Crippen molar-refractivity contribution in [3.05, 3.63) is 84.2 Å². The van der Waals surface area contributed by atoms with Gasteiger partial charge in [0.25, 0.3) is 0 Å². The lowest BCUT2D eigenvalue weighted by Gasteiger charge is -2.09. The van der Waals surface area contributed by atoms with Gasteiger partial charge in [0.1, 0.15) is 11.5 Å². The Bertz CT molecular complexity index is 868. The molecule has 0 spiro atoms. The molecule has 1 heterocycles. The Hall–Kier alpha value is -2.61. The summed E-state index contributed by atoms with van der Waals surface area (Å²) in [4.78, 5) is 8.65. The second-order valence-corrected chi connectivity index (χ2v) is 5.54. The van der Waals surface area contributed by atoms with E-state index in [1.165, 1.54) is 0 Å². The molecule has 134 valence electrons. The molecule has 0 atom stereocenters. The molecule has 26 heavy (non-hydrogen) atoms. The lowest BCUT2D eigenvalue weighted by molar-refractivity contribution is 0.483. The predicted molar refractivity (Wildman–Crippen MR) is 116 cm³/mol. The molecule has 2 aromatic carbocycles. The van der Waals surface area contributed by atoms with E-state index in [1.54, 1.807) is 6.20 Å². The average Bonchev–Trinajstić information content (AvgIpc) is 2.62. The molecule has 3 N–H and O–H groups in total. The van der Waals surface area contributed by atoms with E-state index in [0.717, 1.165) is 28.4 Å². The summed E-state index contributed by atoms with van der Waals surface area (Å²) in [6.07, 6.45) is 1.76. The number of aryl methyl sites for hydroxylation is 1. The average molecular weight is 460 g/mol. The van der Waals surface area contributed by atoms with Crippen LogP contribution in [-0.2, 0) is 6.54 Å². The van der Waals surface area contributed by atoms with Crippen LogP contribution in [0.5, 0.6) is 11.5 Å². The van der Waals surface area contributed by atoms with Crippen LogP contribution in [0.15, 0.2) is 77.9 Å². The number of para-hydroxylation sites is 1. The Labute approximate surface area is 170 Å². The van der Waals surface area contributed by atoms with Gasteiger partial charge in [0.2, 0.25) is 0 Å². The van der Waals surface area contributed by atoms with Crippen LogP contribution in [-0.4, -0.2) is 10.9 Å². The largest absolute Gasteiger partial charge is 0.457 e. The molecule has 0 aliphatic heterocycles. The third-order valence-electron chi connectivity index (χ3n) is 3.60. The molecular weight excluding hydrogens is 439 g/mol. The molecule has 0 aliphatic carbocycles. The van der Waals surface area contributed by atoms with Crippen LogP contribution in [0.25, 0.3) is 0 Å². The number of pyridine rings is 1. The number of aromatic nitrogens is 1. The van der Waals surface area contributed by atoms with Crippen molar-refractivity contribution in [2.24, 2.45) is 10.7 Å². The second kappa shape index (κ2) is 9.76. The summed E-state index contributed by atoms with van der Waals surface area (Å²) in [5, 5.41) is 3.08. The zero-order chi connectivity index (χ0) is 17.5. The van der Waals surface area contributed by atoms with Crippen molar-refractivity contribution in [3.8, 4) is 11.5 Å². The van der Waals surface area contributed by atoms with E-state index >= 15 is 0 Å². The number of halogens is 1. The molecule has 0 fully saturated rings.